The molecule has 0 bridgehead atoms. The Labute approximate surface area is 106 Å². The molecule has 18 heavy (non-hydrogen) atoms. The van der Waals surface area contributed by atoms with Crippen LogP contribution in [0, 0.1) is 0 Å². The lowest BCUT2D eigenvalue weighted by Crippen LogP contribution is -1.85. The second kappa shape index (κ2) is 4.89. The van der Waals surface area contributed by atoms with E-state index in [-0.39, 0.29) is 17.5 Å². The highest BCUT2D eigenvalue weighted by Gasteiger charge is 2.11. The van der Waals surface area contributed by atoms with Gasteiger partial charge in [0.15, 0.2) is 0 Å². The molecule has 0 amide bonds. The number of rotatable bonds is 3. The SMILES string of the molecule is O=C(O)/C=C/c1nnc(-c2cc(O)ccc2Cl)o1. The van der Waals surface area contributed by atoms with Crippen molar-refractivity contribution in [3.8, 4) is 17.2 Å². The van der Waals surface area contributed by atoms with Gasteiger partial charge in [0.25, 0.3) is 0 Å². The van der Waals surface area contributed by atoms with Crippen LogP contribution in [0.2, 0.25) is 5.02 Å². The highest BCUT2D eigenvalue weighted by Crippen LogP contribution is 2.30. The van der Waals surface area contributed by atoms with Crippen LogP contribution in [-0.4, -0.2) is 26.4 Å². The minimum Gasteiger partial charge on any atom is -0.508 e. The normalized spacial score (nSPS) is 10.9. The van der Waals surface area contributed by atoms with Gasteiger partial charge in [0.05, 0.1) is 10.6 Å². The molecule has 0 unspecified atom stereocenters. The van der Waals surface area contributed by atoms with Gasteiger partial charge in [0.2, 0.25) is 11.8 Å². The summed E-state index contributed by atoms with van der Waals surface area (Å²) in [5.74, 6) is -0.979. The van der Waals surface area contributed by atoms with Crippen LogP contribution in [0.5, 0.6) is 5.75 Å². The van der Waals surface area contributed by atoms with E-state index in [0.29, 0.717) is 10.6 Å². The van der Waals surface area contributed by atoms with Crippen LogP contribution in [0.15, 0.2) is 28.7 Å². The monoisotopic (exact) mass is 266 g/mol. The quantitative estimate of drug-likeness (QED) is 0.827. The van der Waals surface area contributed by atoms with Gasteiger partial charge in [-0.15, -0.1) is 10.2 Å². The Morgan fingerprint density at radius 1 is 1.39 bits per heavy atom. The van der Waals surface area contributed by atoms with Crippen LogP contribution in [0.1, 0.15) is 5.89 Å². The predicted molar refractivity (Wildman–Crippen MR) is 63.1 cm³/mol. The fraction of sp³-hybridized carbons (Fsp3) is 0. The van der Waals surface area contributed by atoms with Crippen molar-refractivity contribution in [1.29, 1.82) is 0 Å². The molecule has 7 heteroatoms. The second-order valence-corrected chi connectivity index (χ2v) is 3.69. The third kappa shape index (κ3) is 2.67. The zero-order valence-corrected chi connectivity index (χ0v) is 9.63. The van der Waals surface area contributed by atoms with E-state index in [1.54, 1.807) is 0 Å². The summed E-state index contributed by atoms with van der Waals surface area (Å²) >= 11 is 5.92. The molecule has 92 valence electrons. The lowest BCUT2D eigenvalue weighted by atomic mass is 10.2. The molecule has 0 radical (unpaired) electrons. The molecule has 1 aromatic carbocycles. The van der Waals surface area contributed by atoms with Crippen LogP contribution in [-0.2, 0) is 4.79 Å². The van der Waals surface area contributed by atoms with Gasteiger partial charge in [-0.05, 0) is 18.2 Å². The molecule has 2 aromatic rings. The van der Waals surface area contributed by atoms with E-state index >= 15 is 0 Å². The first-order chi connectivity index (χ1) is 8.56. The van der Waals surface area contributed by atoms with Crippen molar-refractivity contribution < 1.29 is 19.4 Å². The standard InChI is InChI=1S/C11H7ClN2O4/c12-8-2-1-6(15)5-7(8)11-14-13-9(18-11)3-4-10(16)17/h1-5,15H,(H,16,17)/b4-3+. The van der Waals surface area contributed by atoms with E-state index in [0.717, 1.165) is 12.2 Å². The Morgan fingerprint density at radius 3 is 2.89 bits per heavy atom. The number of halogens is 1. The third-order valence-corrected chi connectivity index (χ3v) is 2.32. The Balaban J connectivity index is 2.35. The number of carboxylic acid groups (broad SMARTS) is 1. The van der Waals surface area contributed by atoms with Crippen molar-refractivity contribution in [2.45, 2.75) is 0 Å². The van der Waals surface area contributed by atoms with Gasteiger partial charge >= 0.3 is 5.97 Å². The van der Waals surface area contributed by atoms with Crippen LogP contribution < -0.4 is 0 Å². The number of carboxylic acids is 1. The summed E-state index contributed by atoms with van der Waals surface area (Å²) < 4.78 is 5.19. The number of aromatic hydroxyl groups is 1. The van der Waals surface area contributed by atoms with Crippen LogP contribution >= 0.6 is 11.6 Å². The van der Waals surface area contributed by atoms with Gasteiger partial charge in [-0.2, -0.15) is 0 Å². The van der Waals surface area contributed by atoms with Gasteiger partial charge < -0.3 is 14.6 Å². The molecule has 6 nitrogen and oxygen atoms in total. The van der Waals surface area contributed by atoms with Crippen LogP contribution in [0.25, 0.3) is 17.5 Å². The van der Waals surface area contributed by atoms with Gasteiger partial charge in [0.1, 0.15) is 5.75 Å². The Kier molecular flexibility index (Phi) is 3.29. The zero-order chi connectivity index (χ0) is 13.1. The summed E-state index contributed by atoms with van der Waals surface area (Å²) in [7, 11) is 0. The zero-order valence-electron chi connectivity index (χ0n) is 8.87. The molecule has 0 aliphatic heterocycles. The van der Waals surface area contributed by atoms with Crippen molar-refractivity contribution in [2.75, 3.05) is 0 Å². The molecular weight excluding hydrogens is 260 g/mol. The molecular formula is C11H7ClN2O4. The first-order valence-corrected chi connectivity index (χ1v) is 5.17. The van der Waals surface area contributed by atoms with Gasteiger partial charge in [-0.1, -0.05) is 11.6 Å². The average molecular weight is 267 g/mol. The number of nitrogens with zero attached hydrogens (tertiary/aromatic N) is 2. The second-order valence-electron chi connectivity index (χ2n) is 3.28. The van der Waals surface area contributed by atoms with E-state index < -0.39 is 5.97 Å². The summed E-state index contributed by atoms with van der Waals surface area (Å²) in [4.78, 5) is 10.3. The molecule has 0 spiro atoms. The maximum Gasteiger partial charge on any atom is 0.328 e. The summed E-state index contributed by atoms with van der Waals surface area (Å²) in [6.45, 7) is 0. The Morgan fingerprint density at radius 2 is 2.17 bits per heavy atom. The molecule has 2 rings (SSSR count). The molecule has 0 aliphatic rings. The summed E-state index contributed by atoms with van der Waals surface area (Å²) in [5.41, 5.74) is 0.374. The van der Waals surface area contributed by atoms with Crippen LogP contribution in [0.4, 0.5) is 0 Å². The number of benzene rings is 1. The van der Waals surface area contributed by atoms with Gasteiger partial charge in [0, 0.05) is 12.2 Å². The molecule has 0 saturated carbocycles. The molecule has 0 aliphatic carbocycles. The number of aliphatic carboxylic acids is 1. The van der Waals surface area contributed by atoms with Crippen molar-refractivity contribution >= 4 is 23.6 Å². The molecule has 0 atom stereocenters. The van der Waals surface area contributed by atoms with Gasteiger partial charge in [-0.25, -0.2) is 4.79 Å². The highest BCUT2D eigenvalue weighted by atomic mass is 35.5. The van der Waals surface area contributed by atoms with Crippen molar-refractivity contribution in [3.05, 3.63) is 35.2 Å². The number of phenolic OH excluding ortho intramolecular Hbond substituents is 1. The summed E-state index contributed by atoms with van der Waals surface area (Å²) in [5, 5.41) is 25.5. The van der Waals surface area contributed by atoms with Crippen LogP contribution in [0.3, 0.4) is 0 Å². The first-order valence-electron chi connectivity index (χ1n) is 4.79. The molecule has 1 aromatic heterocycles. The summed E-state index contributed by atoms with van der Waals surface area (Å²) in [6.07, 6.45) is 2.04. The van der Waals surface area contributed by atoms with Crippen molar-refractivity contribution in [2.24, 2.45) is 0 Å². The predicted octanol–water partition coefficient (Wildman–Crippen LogP) is 2.19. The highest BCUT2D eigenvalue weighted by molar-refractivity contribution is 6.33. The van der Waals surface area contributed by atoms with Crippen molar-refractivity contribution in [1.82, 2.24) is 10.2 Å². The Bertz CT molecular complexity index is 621. The third-order valence-electron chi connectivity index (χ3n) is 1.99. The Hall–Kier alpha value is -2.34. The van der Waals surface area contributed by atoms with Crippen molar-refractivity contribution in [3.63, 3.8) is 0 Å². The smallest absolute Gasteiger partial charge is 0.328 e. The average Bonchev–Trinajstić information content (AvgIpc) is 2.78. The largest absolute Gasteiger partial charge is 0.508 e. The fourth-order valence-corrected chi connectivity index (χ4v) is 1.43. The van der Waals surface area contributed by atoms with Gasteiger partial charge in [-0.3, -0.25) is 0 Å². The lowest BCUT2D eigenvalue weighted by molar-refractivity contribution is -0.131. The maximum atomic E-state index is 10.3. The number of aromatic nitrogens is 2. The minimum atomic E-state index is -1.12. The maximum absolute atomic E-state index is 10.3. The fourth-order valence-electron chi connectivity index (χ4n) is 1.23. The topological polar surface area (TPSA) is 96.5 Å². The lowest BCUT2D eigenvalue weighted by Gasteiger charge is -1.98. The van der Waals surface area contributed by atoms with E-state index in [9.17, 15) is 9.90 Å². The summed E-state index contributed by atoms with van der Waals surface area (Å²) in [6, 6.07) is 4.29. The number of carbonyl (C=O) groups is 1. The minimum absolute atomic E-state index is 0.00947. The molecule has 2 N–H and O–H groups in total. The van der Waals surface area contributed by atoms with E-state index in [1.807, 2.05) is 0 Å². The molecule has 1 heterocycles. The molecule has 0 fully saturated rings. The van der Waals surface area contributed by atoms with E-state index in [1.165, 1.54) is 18.2 Å². The van der Waals surface area contributed by atoms with E-state index in [2.05, 4.69) is 10.2 Å². The first kappa shape index (κ1) is 12.1. The number of phenols is 1. The number of hydrogen-bond donors (Lipinski definition) is 2. The molecule has 0 saturated heterocycles. The van der Waals surface area contributed by atoms with E-state index in [4.69, 9.17) is 21.1 Å². The number of hydrogen-bond acceptors (Lipinski definition) is 5.